The minimum Gasteiger partial charge on any atom is -0.0990 e. The fourth-order valence-corrected chi connectivity index (χ4v) is 3.95. The predicted molar refractivity (Wildman–Crippen MR) is 92.0 cm³/mol. The average molecular weight is 279 g/mol. The van der Waals surface area contributed by atoms with Crippen LogP contribution in [0.5, 0.6) is 0 Å². The molecule has 2 bridgehead atoms. The molecule has 0 amide bonds. The van der Waals surface area contributed by atoms with Crippen molar-refractivity contribution in [1.29, 1.82) is 0 Å². The highest BCUT2D eigenvalue weighted by Gasteiger charge is 2.47. The van der Waals surface area contributed by atoms with E-state index in [-0.39, 0.29) is 0 Å². The van der Waals surface area contributed by atoms with Crippen molar-refractivity contribution in [3.8, 4) is 0 Å². The fraction of sp³-hybridized carbons (Fsp3) is 0.900. The number of allylic oxidation sites excluding steroid dienone is 1. The van der Waals surface area contributed by atoms with Crippen molar-refractivity contribution >= 4 is 0 Å². The van der Waals surface area contributed by atoms with Crippen LogP contribution in [0, 0.1) is 17.3 Å². The van der Waals surface area contributed by atoms with Gasteiger partial charge in [-0.3, -0.25) is 0 Å². The highest BCUT2D eigenvalue weighted by atomic mass is 14.5. The molecule has 118 valence electrons. The van der Waals surface area contributed by atoms with Gasteiger partial charge >= 0.3 is 0 Å². The summed E-state index contributed by atoms with van der Waals surface area (Å²) in [5.41, 5.74) is 2.01. The zero-order valence-electron chi connectivity index (χ0n) is 14.6. The van der Waals surface area contributed by atoms with Crippen molar-refractivity contribution in [3.05, 3.63) is 12.2 Å². The van der Waals surface area contributed by atoms with Gasteiger partial charge < -0.3 is 0 Å². The van der Waals surface area contributed by atoms with Gasteiger partial charge in [-0.25, -0.2) is 0 Å². The molecule has 0 heterocycles. The molecule has 0 heteroatoms. The van der Waals surface area contributed by atoms with Crippen LogP contribution < -0.4 is 0 Å². The van der Waals surface area contributed by atoms with E-state index in [1.54, 1.807) is 0 Å². The Kier molecular flexibility index (Phi) is 7.92. The van der Waals surface area contributed by atoms with Crippen molar-refractivity contribution in [2.75, 3.05) is 0 Å². The SMILES string of the molecule is C=C1C2CCC(C2)C1(C)C.CCCCCCCCCC. The quantitative estimate of drug-likeness (QED) is 0.343. The minimum atomic E-state index is 0.475. The Hall–Kier alpha value is -0.260. The van der Waals surface area contributed by atoms with Crippen LogP contribution in [-0.2, 0) is 0 Å². The van der Waals surface area contributed by atoms with Gasteiger partial charge in [0, 0.05) is 0 Å². The Morgan fingerprint density at radius 3 is 1.70 bits per heavy atom. The molecule has 0 aromatic carbocycles. The van der Waals surface area contributed by atoms with Gasteiger partial charge in [-0.05, 0) is 36.5 Å². The molecule has 0 N–H and O–H groups in total. The molecule has 0 aromatic heterocycles. The van der Waals surface area contributed by atoms with E-state index in [0.29, 0.717) is 5.41 Å². The van der Waals surface area contributed by atoms with Crippen molar-refractivity contribution in [3.63, 3.8) is 0 Å². The van der Waals surface area contributed by atoms with E-state index in [9.17, 15) is 0 Å². The predicted octanol–water partition coefficient (Wildman–Crippen LogP) is 7.15. The Morgan fingerprint density at radius 1 is 0.900 bits per heavy atom. The van der Waals surface area contributed by atoms with Gasteiger partial charge in [0.25, 0.3) is 0 Å². The maximum Gasteiger partial charge on any atom is -0.0116 e. The third-order valence-corrected chi connectivity index (χ3v) is 5.73. The summed E-state index contributed by atoms with van der Waals surface area (Å²) < 4.78 is 0. The lowest BCUT2D eigenvalue weighted by Crippen LogP contribution is -2.21. The molecule has 0 spiro atoms. The van der Waals surface area contributed by atoms with E-state index >= 15 is 0 Å². The van der Waals surface area contributed by atoms with Gasteiger partial charge in [0.2, 0.25) is 0 Å². The molecule has 0 aliphatic heterocycles. The van der Waals surface area contributed by atoms with Crippen LogP contribution in [0.25, 0.3) is 0 Å². The van der Waals surface area contributed by atoms with Crippen LogP contribution in [0.3, 0.4) is 0 Å². The van der Waals surface area contributed by atoms with Crippen molar-refractivity contribution in [2.45, 2.75) is 98.3 Å². The first-order valence-corrected chi connectivity index (χ1v) is 9.23. The molecule has 0 radical (unpaired) electrons. The van der Waals surface area contributed by atoms with Gasteiger partial charge in [-0.15, -0.1) is 0 Å². The first-order chi connectivity index (χ1) is 9.54. The average Bonchev–Trinajstić information content (AvgIpc) is 2.99. The largest absolute Gasteiger partial charge is 0.0990 e. The third kappa shape index (κ3) is 4.93. The zero-order chi connectivity index (χ0) is 15.0. The van der Waals surface area contributed by atoms with Gasteiger partial charge in [-0.1, -0.05) is 91.2 Å². The van der Waals surface area contributed by atoms with Gasteiger partial charge in [0.1, 0.15) is 0 Å². The molecule has 20 heavy (non-hydrogen) atoms. The smallest absolute Gasteiger partial charge is 0.0116 e. The lowest BCUT2D eigenvalue weighted by Gasteiger charge is -2.31. The second-order valence-corrected chi connectivity index (χ2v) is 7.58. The third-order valence-electron chi connectivity index (χ3n) is 5.73. The van der Waals surface area contributed by atoms with Crippen molar-refractivity contribution in [1.82, 2.24) is 0 Å². The summed E-state index contributed by atoms with van der Waals surface area (Å²) in [6, 6.07) is 0. The summed E-state index contributed by atoms with van der Waals surface area (Å²) in [5, 5.41) is 0. The van der Waals surface area contributed by atoms with Crippen LogP contribution in [0.15, 0.2) is 12.2 Å². The minimum absolute atomic E-state index is 0.475. The molecule has 2 aliphatic rings. The number of fused-ring (bicyclic) bond motifs is 2. The van der Waals surface area contributed by atoms with Gasteiger partial charge in [-0.2, -0.15) is 0 Å². The van der Waals surface area contributed by atoms with Crippen molar-refractivity contribution < 1.29 is 0 Å². The molecule has 2 unspecified atom stereocenters. The Labute approximate surface area is 128 Å². The first kappa shape index (κ1) is 17.8. The molecule has 0 aromatic rings. The molecule has 0 nitrogen and oxygen atoms in total. The monoisotopic (exact) mass is 278 g/mol. The van der Waals surface area contributed by atoms with Gasteiger partial charge in [0.05, 0.1) is 0 Å². The molecule has 2 atom stereocenters. The van der Waals surface area contributed by atoms with Crippen LogP contribution in [0.4, 0.5) is 0 Å². The number of unbranched alkanes of at least 4 members (excludes halogenated alkanes) is 7. The van der Waals surface area contributed by atoms with E-state index in [0.717, 1.165) is 11.8 Å². The lowest BCUT2D eigenvalue weighted by molar-refractivity contribution is 0.289. The fourth-order valence-electron chi connectivity index (χ4n) is 3.95. The number of rotatable bonds is 7. The molecule has 2 saturated carbocycles. The Balaban J connectivity index is 0.000000200. The van der Waals surface area contributed by atoms with E-state index < -0.39 is 0 Å². The lowest BCUT2D eigenvalue weighted by atomic mass is 9.73. The highest BCUT2D eigenvalue weighted by molar-refractivity contribution is 5.22. The molecule has 2 rings (SSSR count). The molecular weight excluding hydrogens is 240 g/mol. The standard InChI is InChI=1S/C10H16.C10H22/c1-7-8-4-5-9(6-8)10(7,2)3;1-3-5-7-9-10-8-6-4-2/h8-9H,1,4-6H2,2-3H3;3-10H2,1-2H3. The zero-order valence-corrected chi connectivity index (χ0v) is 14.6. The first-order valence-electron chi connectivity index (χ1n) is 9.23. The second-order valence-electron chi connectivity index (χ2n) is 7.58. The summed E-state index contributed by atoms with van der Waals surface area (Å²) in [4.78, 5) is 0. The molecule has 2 aliphatic carbocycles. The highest BCUT2D eigenvalue weighted by Crippen LogP contribution is 2.58. The Bertz CT molecular complexity index is 266. The van der Waals surface area contributed by atoms with Crippen LogP contribution >= 0.6 is 0 Å². The number of hydrogen-bond donors (Lipinski definition) is 0. The summed E-state index contributed by atoms with van der Waals surface area (Å²) in [6.45, 7) is 13.4. The molecular formula is C20H38. The summed E-state index contributed by atoms with van der Waals surface area (Å²) in [7, 11) is 0. The maximum absolute atomic E-state index is 4.19. The summed E-state index contributed by atoms with van der Waals surface area (Å²) >= 11 is 0. The van der Waals surface area contributed by atoms with E-state index in [1.165, 1.54) is 76.2 Å². The van der Waals surface area contributed by atoms with E-state index in [4.69, 9.17) is 0 Å². The molecule has 2 fully saturated rings. The second kappa shape index (κ2) is 8.90. The molecule has 0 saturated heterocycles. The van der Waals surface area contributed by atoms with Crippen LogP contribution in [-0.4, -0.2) is 0 Å². The van der Waals surface area contributed by atoms with Gasteiger partial charge in [0.15, 0.2) is 0 Å². The normalized spacial score (nSPS) is 26.5. The van der Waals surface area contributed by atoms with Crippen molar-refractivity contribution in [2.24, 2.45) is 17.3 Å². The van der Waals surface area contributed by atoms with E-state index in [2.05, 4.69) is 34.3 Å². The van der Waals surface area contributed by atoms with Crippen LogP contribution in [0.2, 0.25) is 0 Å². The summed E-state index contributed by atoms with van der Waals surface area (Å²) in [6.07, 6.45) is 15.8. The van der Waals surface area contributed by atoms with E-state index in [1.807, 2.05) is 0 Å². The Morgan fingerprint density at radius 2 is 1.40 bits per heavy atom. The summed E-state index contributed by atoms with van der Waals surface area (Å²) in [5.74, 6) is 1.85. The maximum atomic E-state index is 4.19. The number of hydrogen-bond acceptors (Lipinski definition) is 0. The topological polar surface area (TPSA) is 0 Å². The van der Waals surface area contributed by atoms with Crippen LogP contribution in [0.1, 0.15) is 98.3 Å².